The summed E-state index contributed by atoms with van der Waals surface area (Å²) in [4.78, 5) is 23.6. The van der Waals surface area contributed by atoms with E-state index < -0.39 is 17.7 Å². The molecule has 1 rings (SSSR count). The average Bonchev–Trinajstić information content (AvgIpc) is 2.87. The normalized spacial score (nSPS) is 11.8. The summed E-state index contributed by atoms with van der Waals surface area (Å²) in [6.07, 6.45) is 1.11. The number of ether oxygens (including phenoxy) is 2. The monoisotopic (exact) mass is 341 g/mol. The first-order valence-electron chi connectivity index (χ1n) is 8.33. The summed E-state index contributed by atoms with van der Waals surface area (Å²) in [5.74, 6) is -0.415. The Bertz CT molecular complexity index is 532. The number of nitrogens with one attached hydrogen (secondary N) is 1. The number of rotatable bonds is 5. The molecule has 0 aliphatic carbocycles. The zero-order valence-electron chi connectivity index (χ0n) is 16.1. The number of nitrogens with zero attached hydrogens (tertiary/aromatic N) is 2. The third kappa shape index (κ3) is 7.02. The quantitative estimate of drug-likeness (QED) is 0.829. The van der Waals surface area contributed by atoms with Gasteiger partial charge in [0.05, 0.1) is 18.8 Å². The third-order valence-corrected chi connectivity index (χ3v) is 2.81. The van der Waals surface area contributed by atoms with E-state index in [0.29, 0.717) is 18.8 Å². The van der Waals surface area contributed by atoms with Crippen LogP contribution in [0.25, 0.3) is 0 Å². The molecular formula is C17H31N3O4. The molecule has 138 valence electrons. The number of carbonyl (C=O) groups is 2. The number of amides is 1. The van der Waals surface area contributed by atoms with Gasteiger partial charge in [-0.2, -0.15) is 5.10 Å². The van der Waals surface area contributed by atoms with Crippen LogP contribution in [0.3, 0.4) is 0 Å². The van der Waals surface area contributed by atoms with Crippen LogP contribution in [-0.4, -0.2) is 40.6 Å². The first-order chi connectivity index (χ1) is 11.2. The fourth-order valence-electron chi connectivity index (χ4n) is 1.87. The van der Waals surface area contributed by atoms with Gasteiger partial charge in [-0.15, -0.1) is 0 Å². The second-order valence-corrected chi connectivity index (χ2v) is 6.07. The first kappa shape index (κ1) is 21.9. The average molecular weight is 341 g/mol. The van der Waals surface area contributed by atoms with Crippen LogP contribution < -0.4 is 5.32 Å². The number of hydrogen-bond acceptors (Lipinski definition) is 5. The number of hydrogen-bond donors (Lipinski definition) is 1. The van der Waals surface area contributed by atoms with E-state index in [0.717, 1.165) is 5.56 Å². The highest BCUT2D eigenvalue weighted by Gasteiger charge is 2.22. The van der Waals surface area contributed by atoms with Gasteiger partial charge in [-0.05, 0) is 41.5 Å². The molecule has 1 atom stereocenters. The molecule has 1 aromatic rings. The molecule has 7 nitrogen and oxygen atoms in total. The van der Waals surface area contributed by atoms with E-state index in [2.05, 4.69) is 10.4 Å². The minimum absolute atomic E-state index is 0.208. The summed E-state index contributed by atoms with van der Waals surface area (Å²) in [6.45, 7) is 15.4. The fraction of sp³-hybridized carbons (Fsp3) is 0.706. The van der Waals surface area contributed by atoms with Crippen molar-refractivity contribution in [2.75, 3.05) is 13.2 Å². The Hall–Kier alpha value is -2.05. The highest BCUT2D eigenvalue weighted by atomic mass is 16.6. The molecule has 0 saturated carbocycles. The predicted octanol–water partition coefficient (Wildman–Crippen LogP) is 3.48. The van der Waals surface area contributed by atoms with E-state index in [9.17, 15) is 9.59 Å². The van der Waals surface area contributed by atoms with E-state index in [-0.39, 0.29) is 6.04 Å². The van der Waals surface area contributed by atoms with Crippen molar-refractivity contribution < 1.29 is 19.1 Å². The maximum Gasteiger partial charge on any atom is 0.407 e. The molecule has 24 heavy (non-hydrogen) atoms. The summed E-state index contributed by atoms with van der Waals surface area (Å²) < 4.78 is 11.8. The Kier molecular flexibility index (Phi) is 9.10. The first-order valence-corrected chi connectivity index (χ1v) is 8.33. The van der Waals surface area contributed by atoms with E-state index >= 15 is 0 Å². The molecule has 0 spiro atoms. The second-order valence-electron chi connectivity index (χ2n) is 6.07. The number of carbonyl (C=O) groups excluding carboxylic acids is 2. The molecule has 1 unspecified atom stereocenters. The van der Waals surface area contributed by atoms with Crippen molar-refractivity contribution in [1.82, 2.24) is 15.1 Å². The van der Waals surface area contributed by atoms with E-state index in [1.54, 1.807) is 45.5 Å². The molecule has 0 bridgehead atoms. The molecule has 0 aromatic carbocycles. The van der Waals surface area contributed by atoms with Gasteiger partial charge in [0.15, 0.2) is 0 Å². The van der Waals surface area contributed by atoms with E-state index in [1.165, 1.54) is 0 Å². The van der Waals surface area contributed by atoms with Gasteiger partial charge < -0.3 is 14.8 Å². The van der Waals surface area contributed by atoms with Gasteiger partial charge in [-0.25, -0.2) is 9.59 Å². The highest BCUT2D eigenvalue weighted by molar-refractivity contribution is 5.89. The van der Waals surface area contributed by atoms with E-state index in [4.69, 9.17) is 9.47 Å². The van der Waals surface area contributed by atoms with Gasteiger partial charge in [0, 0.05) is 12.1 Å². The summed E-state index contributed by atoms with van der Waals surface area (Å²) in [5, 5.41) is 6.87. The number of alkyl carbamates (subject to hydrolysis) is 1. The lowest BCUT2D eigenvalue weighted by Crippen LogP contribution is -2.36. The SMILES string of the molecule is CC.CCOC(=O)c1c(C)cnn1C(C)CNC(=O)OC(C)(C)C. The number of aromatic nitrogens is 2. The predicted molar refractivity (Wildman–Crippen MR) is 93.2 cm³/mol. The molecule has 1 amide bonds. The van der Waals surface area contributed by atoms with E-state index in [1.807, 2.05) is 20.8 Å². The van der Waals surface area contributed by atoms with Crippen LogP contribution in [0.2, 0.25) is 0 Å². The van der Waals surface area contributed by atoms with Crippen molar-refractivity contribution in [3.8, 4) is 0 Å². The van der Waals surface area contributed by atoms with Gasteiger partial charge in [0.1, 0.15) is 11.3 Å². The van der Waals surface area contributed by atoms with Crippen molar-refractivity contribution in [3.05, 3.63) is 17.5 Å². The van der Waals surface area contributed by atoms with Gasteiger partial charge in [0.2, 0.25) is 0 Å². The smallest absolute Gasteiger partial charge is 0.407 e. The van der Waals surface area contributed by atoms with Gasteiger partial charge >= 0.3 is 12.1 Å². The molecule has 1 heterocycles. The largest absolute Gasteiger partial charge is 0.461 e. The molecule has 0 aliphatic heterocycles. The Morgan fingerprint density at radius 2 is 1.92 bits per heavy atom. The van der Waals surface area contributed by atoms with Crippen molar-refractivity contribution in [1.29, 1.82) is 0 Å². The lowest BCUT2D eigenvalue weighted by molar-refractivity contribution is 0.0507. The zero-order chi connectivity index (χ0) is 18.9. The molecule has 0 saturated heterocycles. The Labute approximate surface area is 144 Å². The van der Waals surface area contributed by atoms with Crippen molar-refractivity contribution in [2.24, 2.45) is 0 Å². The minimum atomic E-state index is -0.550. The summed E-state index contributed by atoms with van der Waals surface area (Å²) >= 11 is 0. The third-order valence-electron chi connectivity index (χ3n) is 2.81. The van der Waals surface area contributed by atoms with Crippen LogP contribution in [0, 0.1) is 6.92 Å². The van der Waals surface area contributed by atoms with Gasteiger partial charge in [0.25, 0.3) is 0 Å². The standard InChI is InChI=1S/C15H25N3O4.C2H6/c1-7-21-13(19)12-10(2)8-17-18(12)11(3)9-16-14(20)22-15(4,5)6;1-2/h8,11H,7,9H2,1-6H3,(H,16,20);1-2H3. The number of aryl methyl sites for hydroxylation is 1. The zero-order valence-corrected chi connectivity index (χ0v) is 16.1. The van der Waals surface area contributed by atoms with Crippen molar-refractivity contribution in [3.63, 3.8) is 0 Å². The molecule has 1 N–H and O–H groups in total. The van der Waals surface area contributed by atoms with Crippen LogP contribution in [0.1, 0.15) is 70.6 Å². The van der Waals surface area contributed by atoms with Crippen molar-refractivity contribution in [2.45, 2.75) is 67.0 Å². The fourth-order valence-corrected chi connectivity index (χ4v) is 1.87. The second kappa shape index (κ2) is 9.95. The highest BCUT2D eigenvalue weighted by Crippen LogP contribution is 2.15. The van der Waals surface area contributed by atoms with Crippen LogP contribution in [0.15, 0.2) is 6.20 Å². The minimum Gasteiger partial charge on any atom is -0.461 e. The van der Waals surface area contributed by atoms with Crippen LogP contribution in [-0.2, 0) is 9.47 Å². The molecule has 0 fully saturated rings. The number of esters is 1. The van der Waals surface area contributed by atoms with Gasteiger partial charge in [-0.1, -0.05) is 13.8 Å². The lowest BCUT2D eigenvalue weighted by Gasteiger charge is -2.21. The molecule has 0 radical (unpaired) electrons. The maximum absolute atomic E-state index is 12.0. The Morgan fingerprint density at radius 1 is 1.33 bits per heavy atom. The van der Waals surface area contributed by atoms with Crippen LogP contribution >= 0.6 is 0 Å². The van der Waals surface area contributed by atoms with Gasteiger partial charge in [-0.3, -0.25) is 4.68 Å². The van der Waals surface area contributed by atoms with Crippen molar-refractivity contribution >= 4 is 12.1 Å². The summed E-state index contributed by atoms with van der Waals surface area (Å²) in [6, 6.07) is -0.208. The van der Waals surface area contributed by atoms with Crippen LogP contribution in [0.5, 0.6) is 0 Å². The topological polar surface area (TPSA) is 82.5 Å². The Balaban J connectivity index is 0.00000254. The molecule has 1 aromatic heterocycles. The lowest BCUT2D eigenvalue weighted by atomic mass is 10.2. The summed E-state index contributed by atoms with van der Waals surface area (Å²) in [5.41, 5.74) is 0.592. The Morgan fingerprint density at radius 3 is 2.42 bits per heavy atom. The molecular weight excluding hydrogens is 310 g/mol. The molecule has 0 aliphatic rings. The molecule has 7 heteroatoms. The summed E-state index contributed by atoms with van der Waals surface area (Å²) in [7, 11) is 0. The van der Waals surface area contributed by atoms with Crippen LogP contribution in [0.4, 0.5) is 4.79 Å². The maximum atomic E-state index is 12.0.